The van der Waals surface area contributed by atoms with Gasteiger partial charge >= 0.3 is 5.97 Å². The van der Waals surface area contributed by atoms with E-state index in [4.69, 9.17) is 4.74 Å². The molecule has 0 saturated heterocycles. The first-order chi connectivity index (χ1) is 10.4. The van der Waals surface area contributed by atoms with Crippen LogP contribution in [0.1, 0.15) is 26.6 Å². The third kappa shape index (κ3) is 2.07. The second kappa shape index (κ2) is 5.14. The van der Waals surface area contributed by atoms with Crippen molar-refractivity contribution in [3.8, 4) is 17.0 Å². The van der Waals surface area contributed by atoms with Crippen molar-refractivity contribution < 1.29 is 14.6 Å². The van der Waals surface area contributed by atoms with E-state index in [0.717, 1.165) is 34.0 Å². The van der Waals surface area contributed by atoms with E-state index in [2.05, 4.69) is 4.98 Å². The summed E-state index contributed by atoms with van der Waals surface area (Å²) in [4.78, 5) is 16.9. The van der Waals surface area contributed by atoms with E-state index in [0.29, 0.717) is 9.84 Å². The molecule has 1 aromatic carbocycles. The molecule has 0 radical (unpaired) electrons. The molecule has 2 heterocycles. The summed E-state index contributed by atoms with van der Waals surface area (Å²) in [7, 11) is 1.64. The van der Waals surface area contributed by atoms with Crippen LogP contribution >= 0.6 is 11.3 Å². The molecule has 2 aromatic heterocycles. The molecule has 0 atom stereocenters. The lowest BCUT2D eigenvalue weighted by Crippen LogP contribution is -1.98. The molecule has 0 amide bonds. The summed E-state index contributed by atoms with van der Waals surface area (Å²) < 4.78 is 7.14. The number of rotatable bonds is 3. The molecule has 0 saturated carbocycles. The van der Waals surface area contributed by atoms with Crippen LogP contribution in [0.2, 0.25) is 0 Å². The minimum Gasteiger partial charge on any atom is -0.497 e. The van der Waals surface area contributed by atoms with Gasteiger partial charge < -0.3 is 9.84 Å². The fourth-order valence-corrected chi connectivity index (χ4v) is 3.70. The quantitative estimate of drug-likeness (QED) is 0.800. The maximum atomic E-state index is 11.2. The SMILES string of the molecule is COc1ccc(-c2nc3sc(C(=O)O)c(C)n3c2C)c(C)c1. The van der Waals surface area contributed by atoms with Gasteiger partial charge in [0.2, 0.25) is 0 Å². The fraction of sp³-hybridized carbons (Fsp3) is 0.250. The molecule has 22 heavy (non-hydrogen) atoms. The molecule has 6 heteroatoms. The number of methoxy groups -OCH3 is 1. The van der Waals surface area contributed by atoms with Gasteiger partial charge in [0.25, 0.3) is 0 Å². The normalized spacial score (nSPS) is 11.1. The number of carbonyl (C=O) groups is 1. The average molecular weight is 316 g/mol. The number of aryl methyl sites for hydroxylation is 3. The van der Waals surface area contributed by atoms with Crippen LogP contribution in [-0.4, -0.2) is 27.6 Å². The van der Waals surface area contributed by atoms with E-state index in [1.54, 1.807) is 7.11 Å². The van der Waals surface area contributed by atoms with Crippen molar-refractivity contribution >= 4 is 22.3 Å². The number of hydrogen-bond acceptors (Lipinski definition) is 4. The Morgan fingerprint density at radius 3 is 2.55 bits per heavy atom. The largest absolute Gasteiger partial charge is 0.497 e. The van der Waals surface area contributed by atoms with E-state index >= 15 is 0 Å². The third-order valence-electron chi connectivity index (χ3n) is 3.82. The monoisotopic (exact) mass is 316 g/mol. The van der Waals surface area contributed by atoms with E-state index in [1.165, 1.54) is 11.3 Å². The Morgan fingerprint density at radius 2 is 2.00 bits per heavy atom. The number of carboxylic acid groups (broad SMARTS) is 1. The van der Waals surface area contributed by atoms with Gasteiger partial charge in [-0.3, -0.25) is 4.40 Å². The zero-order valence-corrected chi connectivity index (χ0v) is 13.6. The molecule has 0 bridgehead atoms. The molecular formula is C16H16N2O3S. The average Bonchev–Trinajstić information content (AvgIpc) is 2.97. The summed E-state index contributed by atoms with van der Waals surface area (Å²) in [5, 5.41) is 9.22. The van der Waals surface area contributed by atoms with Gasteiger partial charge in [-0.15, -0.1) is 0 Å². The number of nitrogens with zero attached hydrogens (tertiary/aromatic N) is 2. The number of benzene rings is 1. The first-order valence-electron chi connectivity index (χ1n) is 6.80. The Labute approximate surface area is 131 Å². The van der Waals surface area contributed by atoms with Crippen molar-refractivity contribution in [3.05, 3.63) is 40.0 Å². The van der Waals surface area contributed by atoms with Crippen LogP contribution in [0.15, 0.2) is 18.2 Å². The molecule has 3 rings (SSSR count). The number of ether oxygens (including phenoxy) is 1. The summed E-state index contributed by atoms with van der Waals surface area (Å²) in [5.41, 5.74) is 4.65. The van der Waals surface area contributed by atoms with Crippen LogP contribution in [-0.2, 0) is 0 Å². The smallest absolute Gasteiger partial charge is 0.347 e. The molecule has 1 N–H and O–H groups in total. The van der Waals surface area contributed by atoms with Crippen LogP contribution in [0.3, 0.4) is 0 Å². The number of aromatic carboxylic acids is 1. The maximum Gasteiger partial charge on any atom is 0.347 e. The highest BCUT2D eigenvalue weighted by Crippen LogP contribution is 2.33. The van der Waals surface area contributed by atoms with Gasteiger partial charge in [-0.25, -0.2) is 9.78 Å². The lowest BCUT2D eigenvalue weighted by Gasteiger charge is -2.07. The molecule has 0 aliphatic heterocycles. The number of hydrogen-bond donors (Lipinski definition) is 1. The number of imidazole rings is 1. The van der Waals surface area contributed by atoms with E-state index in [-0.39, 0.29) is 0 Å². The van der Waals surface area contributed by atoms with Crippen molar-refractivity contribution in [1.29, 1.82) is 0 Å². The molecular weight excluding hydrogens is 300 g/mol. The van der Waals surface area contributed by atoms with Crippen LogP contribution in [0.4, 0.5) is 0 Å². The second-order valence-electron chi connectivity index (χ2n) is 5.17. The number of fused-ring (bicyclic) bond motifs is 1. The summed E-state index contributed by atoms with van der Waals surface area (Å²) in [6, 6.07) is 5.86. The Morgan fingerprint density at radius 1 is 1.27 bits per heavy atom. The third-order valence-corrected chi connectivity index (χ3v) is 4.95. The number of aromatic nitrogens is 2. The van der Waals surface area contributed by atoms with Crippen molar-refractivity contribution in [2.24, 2.45) is 0 Å². The minimum absolute atomic E-state index is 0.337. The topological polar surface area (TPSA) is 63.8 Å². The Bertz CT molecular complexity index is 893. The van der Waals surface area contributed by atoms with Gasteiger partial charge in [-0.05, 0) is 44.5 Å². The van der Waals surface area contributed by atoms with Crippen LogP contribution in [0.25, 0.3) is 16.2 Å². The highest BCUT2D eigenvalue weighted by Gasteiger charge is 2.21. The molecule has 0 spiro atoms. The zero-order valence-electron chi connectivity index (χ0n) is 12.8. The second-order valence-corrected chi connectivity index (χ2v) is 6.14. The zero-order chi connectivity index (χ0) is 16.0. The molecule has 114 valence electrons. The van der Waals surface area contributed by atoms with Gasteiger partial charge in [-0.2, -0.15) is 0 Å². The predicted molar refractivity (Wildman–Crippen MR) is 86.2 cm³/mol. The summed E-state index contributed by atoms with van der Waals surface area (Å²) >= 11 is 1.20. The van der Waals surface area contributed by atoms with Gasteiger partial charge in [0.15, 0.2) is 4.96 Å². The van der Waals surface area contributed by atoms with Gasteiger partial charge in [0.05, 0.1) is 12.8 Å². The molecule has 0 unspecified atom stereocenters. The van der Waals surface area contributed by atoms with E-state index < -0.39 is 5.97 Å². The summed E-state index contributed by atoms with van der Waals surface area (Å²) in [6.07, 6.45) is 0. The first-order valence-corrected chi connectivity index (χ1v) is 7.62. The van der Waals surface area contributed by atoms with E-state index in [1.807, 2.05) is 43.4 Å². The molecule has 3 aromatic rings. The lowest BCUT2D eigenvalue weighted by atomic mass is 10.0. The Kier molecular flexibility index (Phi) is 3.41. The van der Waals surface area contributed by atoms with Crippen LogP contribution in [0.5, 0.6) is 5.75 Å². The van der Waals surface area contributed by atoms with Gasteiger partial charge in [-0.1, -0.05) is 11.3 Å². The van der Waals surface area contributed by atoms with Gasteiger partial charge in [0.1, 0.15) is 10.6 Å². The fourth-order valence-electron chi connectivity index (χ4n) is 2.69. The number of carboxylic acids is 1. The summed E-state index contributed by atoms with van der Waals surface area (Å²) in [5.74, 6) is -0.0983. The molecule has 0 aliphatic carbocycles. The Balaban J connectivity index is 2.21. The molecule has 0 fully saturated rings. The first kappa shape index (κ1) is 14.6. The standard InChI is InChI=1S/C16H16N2O3S/c1-8-7-11(21-4)5-6-12(8)13-9(2)18-10(3)14(15(19)20)22-16(18)17-13/h5-7H,1-4H3,(H,19,20). The van der Waals surface area contributed by atoms with Crippen molar-refractivity contribution in [3.63, 3.8) is 0 Å². The highest BCUT2D eigenvalue weighted by molar-refractivity contribution is 7.19. The lowest BCUT2D eigenvalue weighted by molar-refractivity contribution is 0.0701. The van der Waals surface area contributed by atoms with Gasteiger partial charge in [0, 0.05) is 17.0 Å². The molecule has 0 aliphatic rings. The highest BCUT2D eigenvalue weighted by atomic mass is 32.1. The van der Waals surface area contributed by atoms with Crippen LogP contribution < -0.4 is 4.74 Å². The van der Waals surface area contributed by atoms with Crippen molar-refractivity contribution in [2.45, 2.75) is 20.8 Å². The van der Waals surface area contributed by atoms with E-state index in [9.17, 15) is 9.90 Å². The van der Waals surface area contributed by atoms with Crippen LogP contribution in [0, 0.1) is 20.8 Å². The summed E-state index contributed by atoms with van der Waals surface area (Å²) in [6.45, 7) is 5.79. The Hall–Kier alpha value is -2.34. The minimum atomic E-state index is -0.908. The predicted octanol–water partition coefficient (Wildman–Crippen LogP) is 3.69. The number of thiazole rings is 1. The molecule has 5 nitrogen and oxygen atoms in total. The maximum absolute atomic E-state index is 11.2. The van der Waals surface area contributed by atoms with Crippen molar-refractivity contribution in [2.75, 3.05) is 7.11 Å². The van der Waals surface area contributed by atoms with Crippen molar-refractivity contribution in [1.82, 2.24) is 9.38 Å².